The van der Waals surface area contributed by atoms with E-state index in [9.17, 15) is 24.3 Å². The highest BCUT2D eigenvalue weighted by Gasteiger charge is 2.44. The smallest absolute Gasteiger partial charge is 0.305 e. The maximum Gasteiger partial charge on any atom is 0.305 e. The molecule has 0 bridgehead atoms. The van der Waals surface area contributed by atoms with E-state index in [2.05, 4.69) is 15.5 Å². The molecule has 2 fully saturated rings. The predicted octanol–water partition coefficient (Wildman–Crippen LogP) is 6.93. The largest absolute Gasteiger partial charge is 0.481 e. The zero-order valence-corrected chi connectivity index (χ0v) is 30.5. The fourth-order valence-corrected chi connectivity index (χ4v) is 8.19. The molecule has 2 amide bonds. The number of amides is 2. The van der Waals surface area contributed by atoms with E-state index in [1.54, 1.807) is 24.4 Å². The van der Waals surface area contributed by atoms with Crippen molar-refractivity contribution in [3.05, 3.63) is 91.1 Å². The lowest BCUT2D eigenvalue weighted by Gasteiger charge is -2.48. The fourth-order valence-electron chi connectivity index (χ4n) is 7.64. The second-order valence-electron chi connectivity index (χ2n) is 14.4. The summed E-state index contributed by atoms with van der Waals surface area (Å²) >= 11 is 12.6. The van der Waals surface area contributed by atoms with Gasteiger partial charge < -0.3 is 25.2 Å². The zero-order chi connectivity index (χ0) is 36.3. The van der Waals surface area contributed by atoms with Gasteiger partial charge in [-0.25, -0.2) is 4.39 Å². The van der Waals surface area contributed by atoms with Crippen LogP contribution in [0.25, 0.3) is 11.1 Å². The number of carbonyl (C=O) groups is 3. The molecular weight excluding hydrogens is 682 g/mol. The van der Waals surface area contributed by atoms with Crippen LogP contribution in [0.4, 0.5) is 4.39 Å². The first-order chi connectivity index (χ1) is 23.7. The van der Waals surface area contributed by atoms with Crippen LogP contribution in [0.5, 0.6) is 0 Å². The topological polar surface area (TPSA) is 121 Å². The lowest BCUT2D eigenvalue weighted by Crippen LogP contribution is -2.55. The molecule has 2 aromatic carbocycles. The standard InChI is InChI=1S/C38H45Cl2FN4O5/c1-22(2)14-31(43-35(48)27-8-7-11-45(37(27)50)13-12-44-20-38(21-44)9-5-6-10-38)36(49)42-30(19-32(46)47)28-17-25(18-29(40)34(28)41)33-23(3)15-26(39)16-24(33)4/h7-8,11,15-18,22,30-31H,5-6,9-10,12-14,19-21H2,1-4H3,(H,42,49)(H,43,48)(H,46,47)/t30-,31-/m0/s1. The Morgan fingerprint density at radius 2 is 1.66 bits per heavy atom. The number of aryl methyl sites for hydroxylation is 2. The number of pyridine rings is 1. The molecule has 1 saturated heterocycles. The van der Waals surface area contributed by atoms with Crippen molar-refractivity contribution in [2.45, 2.75) is 84.8 Å². The van der Waals surface area contributed by atoms with Gasteiger partial charge in [-0.15, -0.1) is 0 Å². The number of rotatable bonds is 13. The maximum atomic E-state index is 15.6. The summed E-state index contributed by atoms with van der Waals surface area (Å²) in [6.07, 6.45) is 6.27. The van der Waals surface area contributed by atoms with E-state index in [-0.39, 0.29) is 28.5 Å². The average molecular weight is 728 g/mol. The third kappa shape index (κ3) is 8.58. The highest BCUT2D eigenvalue weighted by atomic mass is 35.5. The number of hydrogen-bond acceptors (Lipinski definition) is 5. The van der Waals surface area contributed by atoms with E-state index in [1.807, 2.05) is 27.7 Å². The Morgan fingerprint density at radius 3 is 2.28 bits per heavy atom. The molecule has 1 spiro atoms. The van der Waals surface area contributed by atoms with Crippen molar-refractivity contribution in [3.8, 4) is 11.1 Å². The van der Waals surface area contributed by atoms with Crippen molar-refractivity contribution in [2.24, 2.45) is 11.3 Å². The lowest BCUT2D eigenvalue weighted by atomic mass is 9.78. The number of carbonyl (C=O) groups excluding carboxylic acids is 2. The van der Waals surface area contributed by atoms with E-state index in [4.69, 9.17) is 23.2 Å². The molecule has 2 atom stereocenters. The van der Waals surface area contributed by atoms with Crippen LogP contribution in [0.2, 0.25) is 10.0 Å². The summed E-state index contributed by atoms with van der Waals surface area (Å²) in [4.78, 5) is 55.0. The van der Waals surface area contributed by atoms with Crippen molar-refractivity contribution in [1.29, 1.82) is 0 Å². The maximum absolute atomic E-state index is 15.6. The Hall–Kier alpha value is -3.73. The monoisotopic (exact) mass is 726 g/mol. The summed E-state index contributed by atoms with van der Waals surface area (Å²) in [7, 11) is 0. The van der Waals surface area contributed by atoms with Crippen LogP contribution >= 0.6 is 23.2 Å². The summed E-state index contributed by atoms with van der Waals surface area (Å²) in [6.45, 7) is 10.6. The number of carboxylic acids is 1. The van der Waals surface area contributed by atoms with Crippen LogP contribution in [-0.2, 0) is 16.1 Å². The summed E-state index contributed by atoms with van der Waals surface area (Å²) in [6, 6.07) is 7.04. The molecule has 5 rings (SSSR count). The number of likely N-dealkylation sites (tertiary alicyclic amines) is 1. The van der Waals surface area contributed by atoms with Gasteiger partial charge in [-0.05, 0) is 103 Å². The fraction of sp³-hybridized carbons (Fsp3) is 0.474. The van der Waals surface area contributed by atoms with Gasteiger partial charge in [0.05, 0.1) is 17.5 Å². The number of halogens is 3. The Labute approximate surface area is 302 Å². The Kier molecular flexibility index (Phi) is 11.8. The molecule has 268 valence electrons. The van der Waals surface area contributed by atoms with Crippen LogP contribution < -0.4 is 16.2 Å². The Morgan fingerprint density at radius 1 is 1.00 bits per heavy atom. The minimum absolute atomic E-state index is 0.0681. The Balaban J connectivity index is 1.35. The summed E-state index contributed by atoms with van der Waals surface area (Å²) < 4.78 is 17.2. The molecule has 50 heavy (non-hydrogen) atoms. The normalized spacial score (nSPS) is 16.6. The molecule has 12 heteroatoms. The minimum atomic E-state index is -1.32. The number of hydrogen-bond donors (Lipinski definition) is 3. The van der Waals surface area contributed by atoms with E-state index in [1.165, 1.54) is 48.4 Å². The number of nitrogens with zero attached hydrogens (tertiary/aromatic N) is 2. The third-order valence-corrected chi connectivity index (χ3v) is 10.4. The molecule has 3 N–H and O–H groups in total. The second kappa shape index (κ2) is 15.7. The summed E-state index contributed by atoms with van der Waals surface area (Å²) in [5.41, 5.74) is 2.65. The van der Waals surface area contributed by atoms with Gasteiger partial charge >= 0.3 is 5.97 Å². The molecule has 3 aromatic rings. The SMILES string of the molecule is Cc1cc(Cl)cc(C)c1-c1cc(Cl)c(F)c([C@H](CC(=O)O)NC(=O)[C@H](CC(C)C)NC(=O)c2cccn(CCN3CC4(CCCC4)C3)c2=O)c1. The molecule has 1 aliphatic heterocycles. The van der Waals surface area contributed by atoms with Gasteiger partial charge in [0.15, 0.2) is 0 Å². The van der Waals surface area contributed by atoms with Gasteiger partial charge in [-0.1, -0.05) is 49.9 Å². The van der Waals surface area contributed by atoms with Crippen LogP contribution in [0.1, 0.15) is 85.5 Å². The van der Waals surface area contributed by atoms with Crippen LogP contribution in [0.3, 0.4) is 0 Å². The first-order valence-electron chi connectivity index (χ1n) is 17.2. The van der Waals surface area contributed by atoms with Gasteiger partial charge in [0.1, 0.15) is 17.4 Å². The van der Waals surface area contributed by atoms with Crippen molar-refractivity contribution in [1.82, 2.24) is 20.1 Å². The zero-order valence-electron chi connectivity index (χ0n) is 29.0. The van der Waals surface area contributed by atoms with E-state index >= 15 is 4.39 Å². The summed E-state index contributed by atoms with van der Waals surface area (Å²) in [5.74, 6) is -3.65. The van der Waals surface area contributed by atoms with Gasteiger partial charge in [-0.3, -0.25) is 19.2 Å². The molecule has 1 saturated carbocycles. The van der Waals surface area contributed by atoms with E-state index in [0.717, 1.165) is 29.8 Å². The molecule has 1 aliphatic carbocycles. The predicted molar refractivity (Wildman–Crippen MR) is 193 cm³/mol. The highest BCUT2D eigenvalue weighted by molar-refractivity contribution is 6.31. The Bertz CT molecular complexity index is 1810. The van der Waals surface area contributed by atoms with Gasteiger partial charge in [0.2, 0.25) is 5.91 Å². The molecule has 0 radical (unpaired) electrons. The molecule has 2 heterocycles. The number of benzene rings is 2. The number of aliphatic carboxylic acids is 1. The van der Waals surface area contributed by atoms with Crippen LogP contribution in [0.15, 0.2) is 47.4 Å². The van der Waals surface area contributed by atoms with Crippen LogP contribution in [0, 0.1) is 31.0 Å². The molecule has 2 aliphatic rings. The molecule has 1 aromatic heterocycles. The van der Waals surface area contributed by atoms with Crippen molar-refractivity contribution >= 4 is 41.0 Å². The highest BCUT2D eigenvalue weighted by Crippen LogP contribution is 2.45. The van der Waals surface area contributed by atoms with Gasteiger partial charge in [-0.2, -0.15) is 0 Å². The number of nitrogens with one attached hydrogen (secondary N) is 2. The lowest BCUT2D eigenvalue weighted by molar-refractivity contribution is -0.137. The molecular formula is C38H45Cl2FN4O5. The van der Waals surface area contributed by atoms with Crippen molar-refractivity contribution < 1.29 is 23.9 Å². The first kappa shape index (κ1) is 37.5. The molecule has 9 nitrogen and oxygen atoms in total. The van der Waals surface area contributed by atoms with Gasteiger partial charge in [0.25, 0.3) is 11.5 Å². The first-order valence-corrected chi connectivity index (χ1v) is 17.9. The quantitative estimate of drug-likeness (QED) is 0.176. The summed E-state index contributed by atoms with van der Waals surface area (Å²) in [5, 5.41) is 15.4. The minimum Gasteiger partial charge on any atom is -0.481 e. The van der Waals surface area contributed by atoms with Gasteiger partial charge in [0, 0.05) is 43.0 Å². The third-order valence-electron chi connectivity index (χ3n) is 9.95. The second-order valence-corrected chi connectivity index (χ2v) is 15.3. The van der Waals surface area contributed by atoms with Crippen LogP contribution in [-0.4, -0.2) is 58.0 Å². The average Bonchev–Trinajstić information content (AvgIpc) is 3.50. The molecule has 0 unspecified atom stereocenters. The number of carboxylic acid groups (broad SMARTS) is 1. The number of aromatic nitrogens is 1. The van der Waals surface area contributed by atoms with Crippen molar-refractivity contribution in [3.63, 3.8) is 0 Å². The van der Waals surface area contributed by atoms with E-state index < -0.39 is 47.7 Å². The van der Waals surface area contributed by atoms with E-state index in [0.29, 0.717) is 29.1 Å². The van der Waals surface area contributed by atoms with Crippen molar-refractivity contribution in [2.75, 3.05) is 19.6 Å².